The van der Waals surface area contributed by atoms with E-state index in [1.807, 2.05) is 30.3 Å². The van der Waals surface area contributed by atoms with Gasteiger partial charge in [0.25, 0.3) is 0 Å². The number of methoxy groups -OCH3 is 2. The molecule has 0 radical (unpaired) electrons. The summed E-state index contributed by atoms with van der Waals surface area (Å²) in [6, 6.07) is 11.2. The second-order valence-electron chi connectivity index (χ2n) is 4.18. The van der Waals surface area contributed by atoms with Crippen LogP contribution in [-0.2, 0) is 6.54 Å². The van der Waals surface area contributed by atoms with Crippen LogP contribution >= 0.6 is 23.2 Å². The highest BCUT2D eigenvalue weighted by Gasteiger charge is 2.05. The molecule has 0 aromatic heterocycles. The second kappa shape index (κ2) is 6.73. The molecule has 1 N–H and O–H groups in total. The number of hydrogen-bond acceptors (Lipinski definition) is 3. The largest absolute Gasteiger partial charge is 0.497 e. The van der Waals surface area contributed by atoms with Gasteiger partial charge in [0.15, 0.2) is 0 Å². The number of rotatable bonds is 5. The van der Waals surface area contributed by atoms with E-state index < -0.39 is 0 Å². The van der Waals surface area contributed by atoms with Crippen molar-refractivity contribution in [2.75, 3.05) is 19.5 Å². The third kappa shape index (κ3) is 3.50. The Balaban J connectivity index is 2.16. The van der Waals surface area contributed by atoms with Gasteiger partial charge in [0.05, 0.1) is 30.0 Å². The van der Waals surface area contributed by atoms with Crippen LogP contribution in [0.3, 0.4) is 0 Å². The molecular formula is C15H15Cl2NO2. The zero-order valence-electron chi connectivity index (χ0n) is 11.2. The molecule has 0 atom stereocenters. The molecule has 3 nitrogen and oxygen atoms in total. The van der Waals surface area contributed by atoms with Crippen molar-refractivity contribution in [2.24, 2.45) is 0 Å². The van der Waals surface area contributed by atoms with Gasteiger partial charge in [-0.3, -0.25) is 0 Å². The zero-order valence-corrected chi connectivity index (χ0v) is 12.8. The van der Waals surface area contributed by atoms with Gasteiger partial charge in [0.1, 0.15) is 11.5 Å². The van der Waals surface area contributed by atoms with Crippen LogP contribution in [0, 0.1) is 0 Å². The van der Waals surface area contributed by atoms with Crippen molar-refractivity contribution >= 4 is 28.9 Å². The second-order valence-corrected chi connectivity index (χ2v) is 4.96. The van der Waals surface area contributed by atoms with E-state index in [0.29, 0.717) is 16.6 Å². The molecule has 2 aromatic rings. The summed E-state index contributed by atoms with van der Waals surface area (Å²) in [5.41, 5.74) is 1.82. The Kier molecular flexibility index (Phi) is 4.99. The lowest BCUT2D eigenvalue weighted by atomic mass is 10.2. The number of ether oxygens (including phenoxy) is 2. The van der Waals surface area contributed by atoms with Crippen LogP contribution in [0.4, 0.5) is 5.69 Å². The lowest BCUT2D eigenvalue weighted by Gasteiger charge is -2.11. The van der Waals surface area contributed by atoms with Gasteiger partial charge < -0.3 is 14.8 Å². The Hall–Kier alpha value is -1.58. The van der Waals surface area contributed by atoms with Gasteiger partial charge in [-0.05, 0) is 29.8 Å². The van der Waals surface area contributed by atoms with E-state index in [-0.39, 0.29) is 0 Å². The first-order valence-corrected chi connectivity index (χ1v) is 6.79. The lowest BCUT2D eigenvalue weighted by molar-refractivity contribution is 0.393. The van der Waals surface area contributed by atoms with Crippen LogP contribution in [0.25, 0.3) is 0 Å². The van der Waals surface area contributed by atoms with Gasteiger partial charge in [-0.1, -0.05) is 29.3 Å². The monoisotopic (exact) mass is 311 g/mol. The van der Waals surface area contributed by atoms with Gasteiger partial charge >= 0.3 is 0 Å². The first-order chi connectivity index (χ1) is 9.63. The predicted molar refractivity (Wildman–Crippen MR) is 83.3 cm³/mol. The molecule has 0 aliphatic heterocycles. The number of nitrogens with one attached hydrogen (secondary N) is 1. The molecule has 0 saturated carbocycles. The minimum absolute atomic E-state index is 0.518. The van der Waals surface area contributed by atoms with Crippen LogP contribution in [0.5, 0.6) is 11.5 Å². The number of hydrogen-bond donors (Lipinski definition) is 1. The molecule has 20 heavy (non-hydrogen) atoms. The third-order valence-corrected chi connectivity index (χ3v) is 3.66. The van der Waals surface area contributed by atoms with Crippen molar-refractivity contribution in [3.8, 4) is 11.5 Å². The molecule has 0 fully saturated rings. The maximum Gasteiger partial charge on any atom is 0.122 e. The Morgan fingerprint density at radius 3 is 2.25 bits per heavy atom. The van der Waals surface area contributed by atoms with E-state index in [1.54, 1.807) is 20.3 Å². The topological polar surface area (TPSA) is 30.5 Å². The lowest BCUT2D eigenvalue weighted by Crippen LogP contribution is -2.01. The molecule has 2 rings (SSSR count). The van der Waals surface area contributed by atoms with Crippen molar-refractivity contribution in [1.82, 2.24) is 0 Å². The summed E-state index contributed by atoms with van der Waals surface area (Å²) in [6.07, 6.45) is 0. The van der Waals surface area contributed by atoms with E-state index in [0.717, 1.165) is 22.7 Å². The third-order valence-electron chi connectivity index (χ3n) is 2.85. The summed E-state index contributed by atoms with van der Waals surface area (Å²) in [5.74, 6) is 1.50. The van der Waals surface area contributed by atoms with Gasteiger partial charge in [0.2, 0.25) is 0 Å². The van der Waals surface area contributed by atoms with Crippen molar-refractivity contribution in [3.63, 3.8) is 0 Å². The highest BCUT2D eigenvalue weighted by Crippen LogP contribution is 2.30. The molecule has 0 heterocycles. The Bertz CT molecular complexity index is 580. The summed E-state index contributed by atoms with van der Waals surface area (Å²) in [7, 11) is 3.25. The summed E-state index contributed by atoms with van der Waals surface area (Å²) < 4.78 is 10.5. The van der Waals surface area contributed by atoms with Crippen molar-refractivity contribution in [3.05, 3.63) is 52.0 Å². The molecule has 0 aliphatic rings. The maximum absolute atomic E-state index is 6.13. The smallest absolute Gasteiger partial charge is 0.122 e. The van der Waals surface area contributed by atoms with Crippen molar-refractivity contribution in [1.29, 1.82) is 0 Å². The Morgan fingerprint density at radius 2 is 1.65 bits per heavy atom. The SMILES string of the molecule is COc1cc(CNc2cccc(Cl)c2Cl)cc(OC)c1. The van der Waals surface area contributed by atoms with E-state index in [4.69, 9.17) is 32.7 Å². The summed E-state index contributed by atoms with van der Waals surface area (Å²) >= 11 is 12.1. The highest BCUT2D eigenvalue weighted by atomic mass is 35.5. The first-order valence-electron chi connectivity index (χ1n) is 6.04. The molecule has 0 spiro atoms. The summed E-state index contributed by atoms with van der Waals surface area (Å²) in [6.45, 7) is 0.591. The average molecular weight is 312 g/mol. The Labute approximate surface area is 128 Å². The zero-order chi connectivity index (χ0) is 14.5. The first kappa shape index (κ1) is 14.8. The molecule has 5 heteroatoms. The fourth-order valence-electron chi connectivity index (χ4n) is 1.81. The van der Waals surface area contributed by atoms with Crippen LogP contribution in [0.1, 0.15) is 5.56 Å². The summed E-state index contributed by atoms with van der Waals surface area (Å²) in [5, 5.41) is 4.29. The average Bonchev–Trinajstić information content (AvgIpc) is 2.48. The predicted octanol–water partition coefficient (Wildman–Crippen LogP) is 4.62. The van der Waals surface area contributed by atoms with Crippen LogP contribution in [0.15, 0.2) is 36.4 Å². The highest BCUT2D eigenvalue weighted by molar-refractivity contribution is 6.43. The van der Waals surface area contributed by atoms with Gasteiger partial charge in [-0.2, -0.15) is 0 Å². The van der Waals surface area contributed by atoms with Gasteiger partial charge in [-0.25, -0.2) is 0 Å². The number of benzene rings is 2. The van der Waals surface area contributed by atoms with Gasteiger partial charge in [-0.15, -0.1) is 0 Å². The molecular weight excluding hydrogens is 297 g/mol. The number of anilines is 1. The minimum Gasteiger partial charge on any atom is -0.497 e. The molecule has 0 bridgehead atoms. The molecule has 0 unspecified atom stereocenters. The van der Waals surface area contributed by atoms with E-state index in [9.17, 15) is 0 Å². The summed E-state index contributed by atoms with van der Waals surface area (Å²) in [4.78, 5) is 0. The molecule has 0 saturated heterocycles. The van der Waals surface area contributed by atoms with Crippen molar-refractivity contribution < 1.29 is 9.47 Å². The fourth-order valence-corrected chi connectivity index (χ4v) is 2.17. The van der Waals surface area contributed by atoms with E-state index in [1.165, 1.54) is 0 Å². The van der Waals surface area contributed by atoms with Gasteiger partial charge in [0, 0.05) is 12.6 Å². The fraction of sp³-hybridized carbons (Fsp3) is 0.200. The van der Waals surface area contributed by atoms with Crippen molar-refractivity contribution in [2.45, 2.75) is 6.54 Å². The number of halogens is 2. The van der Waals surface area contributed by atoms with E-state index >= 15 is 0 Å². The molecule has 106 valence electrons. The Morgan fingerprint density at radius 1 is 1.00 bits per heavy atom. The quantitative estimate of drug-likeness (QED) is 0.873. The van der Waals surface area contributed by atoms with Crippen LogP contribution in [-0.4, -0.2) is 14.2 Å². The molecule has 0 aliphatic carbocycles. The van der Waals surface area contributed by atoms with Crippen LogP contribution in [0.2, 0.25) is 10.0 Å². The van der Waals surface area contributed by atoms with Crippen LogP contribution < -0.4 is 14.8 Å². The normalized spacial score (nSPS) is 10.2. The standard InChI is InChI=1S/C15H15Cl2NO2/c1-19-11-6-10(7-12(8-11)20-2)9-18-14-5-3-4-13(16)15(14)17/h3-8,18H,9H2,1-2H3. The van der Waals surface area contributed by atoms with E-state index in [2.05, 4.69) is 5.32 Å². The minimum atomic E-state index is 0.518. The molecule has 0 amide bonds. The molecule has 2 aromatic carbocycles. The maximum atomic E-state index is 6.13.